The van der Waals surface area contributed by atoms with Gasteiger partial charge in [-0.2, -0.15) is 0 Å². The molecule has 0 aromatic heterocycles. The molecule has 0 radical (unpaired) electrons. The van der Waals surface area contributed by atoms with Crippen LogP contribution >= 0.6 is 0 Å². The molecule has 1 heterocycles. The van der Waals surface area contributed by atoms with E-state index in [-0.39, 0.29) is 11.1 Å². The monoisotopic (exact) mass is 559 g/mol. The number of aliphatic carboxylic acids is 2. The van der Waals surface area contributed by atoms with E-state index in [0.29, 0.717) is 0 Å². The third-order valence-corrected chi connectivity index (χ3v) is 7.38. The van der Waals surface area contributed by atoms with E-state index in [1.165, 1.54) is 55.8 Å². The Hall–Kier alpha value is -4.66. The van der Waals surface area contributed by atoms with Crippen molar-refractivity contribution >= 4 is 29.6 Å². The average molecular weight is 560 g/mol. The molecule has 5 rings (SSSR count). The summed E-state index contributed by atoms with van der Waals surface area (Å²) in [5.74, 6) is -3.85. The fourth-order valence-electron chi connectivity index (χ4n) is 5.14. The molecule has 3 aromatic rings. The maximum Gasteiger partial charge on any atom is 0.349 e. The van der Waals surface area contributed by atoms with Gasteiger partial charge in [-0.3, -0.25) is 0 Å². The van der Waals surface area contributed by atoms with E-state index in [9.17, 15) is 29.4 Å². The summed E-state index contributed by atoms with van der Waals surface area (Å²) < 4.78 is 9.64. The fraction of sp³-hybridized carbons (Fsp3) is 0.312. The highest BCUT2D eigenvalue weighted by atomic mass is 16.6. The SMILES string of the molecule is Cc1ccc(C(=O)O[C@H](C(=O)O)[C@H](OC(=O)c2ccc(C)cc2)C(=O)O)cc1.c1ccc2c(c1)NCC1CCCC21. The number of hydrogen-bond acceptors (Lipinski definition) is 7. The highest BCUT2D eigenvalue weighted by Gasteiger charge is 2.41. The number of carboxylic acid groups (broad SMARTS) is 2. The standard InChI is InChI=1S/C20H18O8.C12H15N/c1-11-3-7-13(8-4-11)19(25)27-15(17(21)22)16(18(23)24)28-20(26)14-9-5-12(2)6-10-14;1-2-7-12-11(5-1)10-6-3-4-9(10)8-13-12/h3-10,15-16H,1-2H3,(H,21,22)(H,23,24);1-2,5,7,9-10,13H,3-4,6,8H2/t15-,16-;/m0./s1. The second-order valence-electron chi connectivity index (χ2n) is 10.3. The largest absolute Gasteiger partial charge is 0.478 e. The molecule has 0 bridgehead atoms. The van der Waals surface area contributed by atoms with E-state index in [2.05, 4.69) is 29.6 Å². The summed E-state index contributed by atoms with van der Waals surface area (Å²) in [5, 5.41) is 22.2. The van der Waals surface area contributed by atoms with E-state index in [4.69, 9.17) is 9.47 Å². The summed E-state index contributed by atoms with van der Waals surface area (Å²) in [7, 11) is 0. The van der Waals surface area contributed by atoms with Crippen molar-refractivity contribution in [3.63, 3.8) is 0 Å². The highest BCUT2D eigenvalue weighted by molar-refractivity contribution is 5.95. The van der Waals surface area contributed by atoms with Gasteiger partial charge in [-0.25, -0.2) is 19.2 Å². The van der Waals surface area contributed by atoms with E-state index < -0.39 is 36.1 Å². The highest BCUT2D eigenvalue weighted by Crippen LogP contribution is 2.45. The summed E-state index contributed by atoms with van der Waals surface area (Å²) in [6.45, 7) is 4.78. The first-order chi connectivity index (χ1) is 19.6. The first-order valence-corrected chi connectivity index (χ1v) is 13.5. The Morgan fingerprint density at radius 3 is 1.71 bits per heavy atom. The van der Waals surface area contributed by atoms with Gasteiger partial charge in [-0.1, -0.05) is 60.0 Å². The summed E-state index contributed by atoms with van der Waals surface area (Å²) in [6.07, 6.45) is -0.192. The summed E-state index contributed by atoms with van der Waals surface area (Å²) in [6, 6.07) is 20.9. The number of esters is 2. The molecule has 2 unspecified atom stereocenters. The minimum absolute atomic E-state index is 0.0332. The molecule has 3 N–H and O–H groups in total. The van der Waals surface area contributed by atoms with Gasteiger partial charge in [-0.15, -0.1) is 0 Å². The lowest BCUT2D eigenvalue weighted by Gasteiger charge is -2.29. The second kappa shape index (κ2) is 13.1. The molecular weight excluding hydrogens is 526 g/mol. The van der Waals surface area contributed by atoms with Crippen molar-refractivity contribution in [2.45, 2.75) is 51.2 Å². The van der Waals surface area contributed by atoms with E-state index in [1.54, 1.807) is 43.7 Å². The van der Waals surface area contributed by atoms with Crippen LogP contribution in [0.25, 0.3) is 0 Å². The molecule has 41 heavy (non-hydrogen) atoms. The van der Waals surface area contributed by atoms with Crippen molar-refractivity contribution in [3.8, 4) is 0 Å². The zero-order chi connectivity index (χ0) is 29.5. The number of carboxylic acids is 2. The Labute approximate surface area is 238 Å². The lowest BCUT2D eigenvalue weighted by atomic mass is 9.85. The number of ether oxygens (including phenoxy) is 2. The summed E-state index contributed by atoms with van der Waals surface area (Å²) in [4.78, 5) is 47.3. The van der Waals surface area contributed by atoms with Gasteiger partial charge in [0.2, 0.25) is 12.2 Å². The first kappa shape index (κ1) is 29.3. The van der Waals surface area contributed by atoms with Crippen molar-refractivity contribution < 1.29 is 38.9 Å². The molecule has 9 nitrogen and oxygen atoms in total. The van der Waals surface area contributed by atoms with Crippen LogP contribution in [0.4, 0.5) is 5.69 Å². The van der Waals surface area contributed by atoms with Crippen molar-refractivity contribution in [2.24, 2.45) is 5.92 Å². The Kier molecular flexibility index (Phi) is 9.39. The normalized spacial score (nSPS) is 18.2. The molecule has 214 valence electrons. The third kappa shape index (κ3) is 7.30. The maximum atomic E-state index is 12.2. The molecule has 0 amide bonds. The van der Waals surface area contributed by atoms with Crippen LogP contribution in [0, 0.1) is 19.8 Å². The molecule has 1 aliphatic heterocycles. The molecule has 2 aliphatic rings. The lowest BCUT2D eigenvalue weighted by molar-refractivity contribution is -0.166. The molecule has 1 saturated carbocycles. The van der Waals surface area contributed by atoms with Crippen LogP contribution < -0.4 is 5.32 Å². The molecule has 1 fully saturated rings. The molecule has 3 aromatic carbocycles. The van der Waals surface area contributed by atoms with E-state index in [1.807, 2.05) is 0 Å². The van der Waals surface area contributed by atoms with Crippen LogP contribution in [-0.4, -0.2) is 52.8 Å². The number of carbonyl (C=O) groups excluding carboxylic acids is 2. The van der Waals surface area contributed by atoms with Gasteiger partial charge in [0.25, 0.3) is 0 Å². The molecular formula is C32H33NO8. The molecule has 0 saturated heterocycles. The van der Waals surface area contributed by atoms with Crippen LogP contribution in [0.15, 0.2) is 72.8 Å². The number of carbonyl (C=O) groups is 4. The van der Waals surface area contributed by atoms with Gasteiger partial charge in [-0.05, 0) is 74.4 Å². The van der Waals surface area contributed by atoms with Crippen LogP contribution in [0.5, 0.6) is 0 Å². The number of aryl methyl sites for hydroxylation is 2. The van der Waals surface area contributed by atoms with Crippen LogP contribution in [-0.2, 0) is 19.1 Å². The van der Waals surface area contributed by atoms with Gasteiger partial charge >= 0.3 is 23.9 Å². The van der Waals surface area contributed by atoms with Gasteiger partial charge in [0, 0.05) is 12.2 Å². The maximum absolute atomic E-state index is 12.2. The van der Waals surface area contributed by atoms with Gasteiger partial charge in [0.1, 0.15) is 0 Å². The number of rotatable bonds is 7. The van der Waals surface area contributed by atoms with Crippen molar-refractivity contribution in [2.75, 3.05) is 11.9 Å². The molecule has 0 spiro atoms. The Morgan fingerprint density at radius 1 is 0.732 bits per heavy atom. The predicted molar refractivity (Wildman–Crippen MR) is 151 cm³/mol. The van der Waals surface area contributed by atoms with Gasteiger partial charge in [0.15, 0.2) is 0 Å². The van der Waals surface area contributed by atoms with Gasteiger partial charge in [0.05, 0.1) is 11.1 Å². The van der Waals surface area contributed by atoms with E-state index >= 15 is 0 Å². The molecule has 9 heteroatoms. The van der Waals surface area contributed by atoms with Gasteiger partial charge < -0.3 is 25.0 Å². The van der Waals surface area contributed by atoms with Crippen LogP contribution in [0.2, 0.25) is 0 Å². The number of anilines is 1. The number of fused-ring (bicyclic) bond motifs is 3. The Morgan fingerprint density at radius 2 is 1.22 bits per heavy atom. The lowest BCUT2D eigenvalue weighted by Crippen LogP contribution is -2.45. The fourth-order valence-corrected chi connectivity index (χ4v) is 5.14. The number of para-hydroxylation sites is 1. The minimum atomic E-state index is -2.22. The van der Waals surface area contributed by atoms with Crippen molar-refractivity contribution in [3.05, 3.63) is 101 Å². The quantitative estimate of drug-likeness (QED) is 0.333. The van der Waals surface area contributed by atoms with E-state index in [0.717, 1.165) is 23.0 Å². The van der Waals surface area contributed by atoms with Crippen LogP contribution in [0.3, 0.4) is 0 Å². The van der Waals surface area contributed by atoms with Crippen molar-refractivity contribution in [1.29, 1.82) is 0 Å². The predicted octanol–water partition coefficient (Wildman–Crippen LogP) is 5.22. The Bertz CT molecular complexity index is 1320. The number of hydrogen-bond donors (Lipinski definition) is 3. The molecule has 4 atom stereocenters. The first-order valence-electron chi connectivity index (χ1n) is 13.5. The minimum Gasteiger partial charge on any atom is -0.478 e. The second-order valence-corrected chi connectivity index (χ2v) is 10.3. The number of benzene rings is 3. The zero-order valence-electron chi connectivity index (χ0n) is 22.9. The molecule has 1 aliphatic carbocycles. The number of nitrogens with one attached hydrogen (secondary N) is 1. The zero-order valence-corrected chi connectivity index (χ0v) is 22.9. The summed E-state index contributed by atoms with van der Waals surface area (Å²) >= 11 is 0. The van der Waals surface area contributed by atoms with Crippen molar-refractivity contribution in [1.82, 2.24) is 0 Å². The average Bonchev–Trinajstić information content (AvgIpc) is 3.45. The summed E-state index contributed by atoms with van der Waals surface area (Å²) in [5.41, 5.74) is 4.74. The smallest absolute Gasteiger partial charge is 0.349 e. The third-order valence-electron chi connectivity index (χ3n) is 7.38. The Balaban J connectivity index is 0.000000243. The topological polar surface area (TPSA) is 139 Å². The van der Waals surface area contributed by atoms with Crippen LogP contribution in [0.1, 0.15) is 62.6 Å².